The van der Waals surface area contributed by atoms with Crippen LogP contribution in [0.2, 0.25) is 0 Å². The molecule has 0 heterocycles. The summed E-state index contributed by atoms with van der Waals surface area (Å²) in [6, 6.07) is 3.33. The van der Waals surface area contributed by atoms with E-state index in [1.165, 1.54) is 21.3 Å². The Kier molecular flexibility index (Phi) is 5.73. The summed E-state index contributed by atoms with van der Waals surface area (Å²) in [6.45, 7) is 3.56. The molecule has 104 valence electrons. The number of benzene rings is 1. The number of esters is 1. The van der Waals surface area contributed by atoms with Gasteiger partial charge in [0.2, 0.25) is 11.5 Å². The van der Waals surface area contributed by atoms with Crippen molar-refractivity contribution < 1.29 is 23.7 Å². The number of carbonyl (C=O) groups is 1. The molecule has 5 nitrogen and oxygen atoms in total. The highest BCUT2D eigenvalue weighted by Gasteiger charge is 2.19. The van der Waals surface area contributed by atoms with Crippen LogP contribution in [0.25, 0.3) is 0 Å². The van der Waals surface area contributed by atoms with Gasteiger partial charge in [-0.2, -0.15) is 0 Å². The van der Waals surface area contributed by atoms with Crippen LogP contribution in [0.5, 0.6) is 23.0 Å². The molecule has 0 bridgehead atoms. The van der Waals surface area contributed by atoms with Gasteiger partial charge >= 0.3 is 5.97 Å². The largest absolute Gasteiger partial charge is 0.493 e. The molecule has 0 atom stereocenters. The van der Waals surface area contributed by atoms with Crippen molar-refractivity contribution in [3.8, 4) is 23.0 Å². The summed E-state index contributed by atoms with van der Waals surface area (Å²) in [5.74, 6) is 1.04. The van der Waals surface area contributed by atoms with Gasteiger partial charge in [-0.25, -0.2) is 0 Å². The van der Waals surface area contributed by atoms with E-state index in [1.807, 2.05) is 0 Å². The van der Waals surface area contributed by atoms with Crippen LogP contribution in [0.1, 0.15) is 12.8 Å². The Morgan fingerprint density at radius 2 is 1.68 bits per heavy atom. The first-order chi connectivity index (χ1) is 9.17. The first-order valence-corrected chi connectivity index (χ1v) is 5.78. The molecule has 0 N–H and O–H groups in total. The van der Waals surface area contributed by atoms with E-state index in [1.54, 1.807) is 18.2 Å². The molecule has 0 radical (unpaired) electrons. The molecule has 1 aromatic rings. The molecule has 0 aliphatic rings. The lowest BCUT2D eigenvalue weighted by Gasteiger charge is -2.15. The molecule has 0 aromatic heterocycles. The third-order valence-corrected chi connectivity index (χ3v) is 2.45. The van der Waals surface area contributed by atoms with Crippen molar-refractivity contribution in [2.24, 2.45) is 0 Å². The van der Waals surface area contributed by atoms with Crippen LogP contribution >= 0.6 is 0 Å². The molecule has 1 aromatic carbocycles. The van der Waals surface area contributed by atoms with Crippen molar-refractivity contribution >= 4 is 5.97 Å². The van der Waals surface area contributed by atoms with Crippen LogP contribution in [0, 0.1) is 0 Å². The highest BCUT2D eigenvalue weighted by atomic mass is 16.6. The van der Waals surface area contributed by atoms with Gasteiger partial charge < -0.3 is 18.9 Å². The maximum absolute atomic E-state index is 11.7. The Morgan fingerprint density at radius 3 is 2.16 bits per heavy atom. The van der Waals surface area contributed by atoms with Crippen molar-refractivity contribution in [3.05, 3.63) is 24.8 Å². The van der Waals surface area contributed by atoms with Crippen molar-refractivity contribution in [3.63, 3.8) is 0 Å². The van der Waals surface area contributed by atoms with Crippen LogP contribution in [-0.4, -0.2) is 27.3 Å². The topological polar surface area (TPSA) is 54.0 Å². The predicted molar refractivity (Wildman–Crippen MR) is 71.2 cm³/mol. The Hall–Kier alpha value is -2.17. The van der Waals surface area contributed by atoms with Crippen molar-refractivity contribution in [1.29, 1.82) is 0 Å². The molecule has 0 saturated carbocycles. The maximum atomic E-state index is 11.7. The molecule has 0 aliphatic heterocycles. The quantitative estimate of drug-likeness (QED) is 0.431. The third-order valence-electron chi connectivity index (χ3n) is 2.45. The van der Waals surface area contributed by atoms with Crippen LogP contribution in [-0.2, 0) is 4.79 Å². The Morgan fingerprint density at radius 1 is 1.11 bits per heavy atom. The maximum Gasteiger partial charge on any atom is 0.311 e. The molecule has 0 aliphatic carbocycles. The van der Waals surface area contributed by atoms with Crippen molar-refractivity contribution in [1.82, 2.24) is 0 Å². The van der Waals surface area contributed by atoms with Crippen LogP contribution in [0.3, 0.4) is 0 Å². The van der Waals surface area contributed by atoms with E-state index in [-0.39, 0.29) is 18.1 Å². The molecule has 0 unspecified atom stereocenters. The van der Waals surface area contributed by atoms with E-state index < -0.39 is 0 Å². The van der Waals surface area contributed by atoms with Crippen LogP contribution in [0.15, 0.2) is 24.8 Å². The molecule has 0 saturated heterocycles. The molecular weight excluding hydrogens is 248 g/mol. The van der Waals surface area contributed by atoms with E-state index in [4.69, 9.17) is 18.9 Å². The summed E-state index contributed by atoms with van der Waals surface area (Å²) in [5.41, 5.74) is 0. The summed E-state index contributed by atoms with van der Waals surface area (Å²) in [4.78, 5) is 11.7. The van der Waals surface area contributed by atoms with Gasteiger partial charge in [0.15, 0.2) is 11.5 Å². The SMILES string of the molecule is C=CCCC(=O)Oc1c(OC)ccc(OC)c1OC. The first kappa shape index (κ1) is 14.9. The number of ether oxygens (including phenoxy) is 4. The second-order valence-electron chi connectivity index (χ2n) is 3.63. The van der Waals surface area contributed by atoms with E-state index in [9.17, 15) is 4.79 Å². The minimum absolute atomic E-state index is 0.221. The van der Waals surface area contributed by atoms with Gasteiger partial charge in [0.25, 0.3) is 0 Å². The lowest BCUT2D eigenvalue weighted by Crippen LogP contribution is -2.09. The van der Waals surface area contributed by atoms with Crippen molar-refractivity contribution in [2.45, 2.75) is 12.8 Å². The highest BCUT2D eigenvalue weighted by molar-refractivity contribution is 5.75. The number of methoxy groups -OCH3 is 3. The number of carbonyl (C=O) groups excluding carboxylic acids is 1. The summed E-state index contributed by atoms with van der Waals surface area (Å²) in [7, 11) is 4.47. The Labute approximate surface area is 112 Å². The molecule has 0 amide bonds. The van der Waals surface area contributed by atoms with Gasteiger partial charge in [-0.3, -0.25) is 4.79 Å². The summed E-state index contributed by atoms with van der Waals surface area (Å²) >= 11 is 0. The molecule has 0 fully saturated rings. The summed E-state index contributed by atoms with van der Waals surface area (Å²) in [5, 5.41) is 0. The van der Waals surface area contributed by atoms with Crippen molar-refractivity contribution in [2.75, 3.05) is 21.3 Å². The zero-order valence-corrected chi connectivity index (χ0v) is 11.4. The lowest BCUT2D eigenvalue weighted by molar-refractivity contribution is -0.134. The lowest BCUT2D eigenvalue weighted by atomic mass is 10.2. The zero-order valence-electron chi connectivity index (χ0n) is 11.4. The van der Waals surface area contributed by atoms with Gasteiger partial charge in [0, 0.05) is 6.42 Å². The van der Waals surface area contributed by atoms with Gasteiger partial charge in [0.1, 0.15) is 0 Å². The molecule has 1 rings (SSSR count). The molecule has 19 heavy (non-hydrogen) atoms. The molecular formula is C14H18O5. The fourth-order valence-corrected chi connectivity index (χ4v) is 1.52. The van der Waals surface area contributed by atoms with Crippen LogP contribution < -0.4 is 18.9 Å². The predicted octanol–water partition coefficient (Wildman–Crippen LogP) is 2.58. The van der Waals surface area contributed by atoms with Gasteiger partial charge in [-0.1, -0.05) is 6.08 Å². The molecule has 0 spiro atoms. The minimum Gasteiger partial charge on any atom is -0.493 e. The standard InChI is InChI=1S/C14H18O5/c1-5-6-7-12(15)19-14-11(17-3)9-8-10(16-2)13(14)18-4/h5,8-9H,1,6-7H2,2-4H3. The normalized spacial score (nSPS) is 9.63. The summed E-state index contributed by atoms with van der Waals surface area (Å²) < 4.78 is 20.8. The minimum atomic E-state index is -0.384. The van der Waals surface area contributed by atoms with E-state index >= 15 is 0 Å². The fourth-order valence-electron chi connectivity index (χ4n) is 1.52. The number of hydrogen-bond donors (Lipinski definition) is 0. The number of hydrogen-bond acceptors (Lipinski definition) is 5. The Balaban J connectivity index is 3.07. The number of rotatable bonds is 7. The summed E-state index contributed by atoms with van der Waals surface area (Å²) in [6.07, 6.45) is 2.45. The second kappa shape index (κ2) is 7.31. The average molecular weight is 266 g/mol. The van der Waals surface area contributed by atoms with E-state index in [0.29, 0.717) is 23.7 Å². The van der Waals surface area contributed by atoms with Gasteiger partial charge in [-0.15, -0.1) is 6.58 Å². The smallest absolute Gasteiger partial charge is 0.311 e. The number of allylic oxidation sites excluding steroid dienone is 1. The van der Waals surface area contributed by atoms with E-state index in [0.717, 1.165) is 0 Å². The molecule has 5 heteroatoms. The van der Waals surface area contributed by atoms with E-state index in [2.05, 4.69) is 6.58 Å². The third kappa shape index (κ3) is 3.64. The van der Waals surface area contributed by atoms with Gasteiger partial charge in [-0.05, 0) is 18.6 Å². The average Bonchev–Trinajstić information content (AvgIpc) is 2.44. The monoisotopic (exact) mass is 266 g/mol. The zero-order chi connectivity index (χ0) is 14.3. The first-order valence-electron chi connectivity index (χ1n) is 5.78. The fraction of sp³-hybridized carbons (Fsp3) is 0.357. The second-order valence-corrected chi connectivity index (χ2v) is 3.63. The highest BCUT2D eigenvalue weighted by Crippen LogP contribution is 2.44. The Bertz CT molecular complexity index is 453. The van der Waals surface area contributed by atoms with Gasteiger partial charge in [0.05, 0.1) is 21.3 Å². The van der Waals surface area contributed by atoms with Crippen LogP contribution in [0.4, 0.5) is 0 Å².